The quantitative estimate of drug-likeness (QED) is 0.285. The lowest BCUT2D eigenvalue weighted by Gasteiger charge is -2.20. The van der Waals surface area contributed by atoms with E-state index in [1.54, 1.807) is 6.08 Å². The van der Waals surface area contributed by atoms with E-state index in [-0.39, 0.29) is 16.8 Å². The van der Waals surface area contributed by atoms with Gasteiger partial charge in [-0.3, -0.25) is 10.2 Å². The normalized spacial score (nSPS) is 16.7. The molecule has 0 aliphatic carbocycles. The highest BCUT2D eigenvalue weighted by atomic mass is 79.9. The monoisotopic (exact) mass is 568 g/mol. The van der Waals surface area contributed by atoms with Crippen LogP contribution in [-0.2, 0) is 10.2 Å². The number of rotatable bonds is 8. The van der Waals surface area contributed by atoms with Crippen molar-refractivity contribution in [2.24, 2.45) is 10.1 Å². The lowest BCUT2D eigenvalue weighted by Crippen LogP contribution is -2.35. The van der Waals surface area contributed by atoms with Crippen LogP contribution in [0.2, 0.25) is 0 Å². The van der Waals surface area contributed by atoms with Crippen LogP contribution < -0.4 is 9.47 Å². The fraction of sp³-hybridized carbons (Fsp3) is 0.333. The van der Waals surface area contributed by atoms with Crippen molar-refractivity contribution in [2.75, 3.05) is 13.2 Å². The summed E-state index contributed by atoms with van der Waals surface area (Å²) in [7, 11) is 0. The van der Waals surface area contributed by atoms with Crippen LogP contribution in [0.5, 0.6) is 11.5 Å². The van der Waals surface area contributed by atoms with Gasteiger partial charge >= 0.3 is 0 Å². The Labute approximate surface area is 224 Å². The van der Waals surface area contributed by atoms with Crippen molar-refractivity contribution >= 4 is 55.7 Å². The summed E-state index contributed by atoms with van der Waals surface area (Å²) in [6, 6.07) is 13.6. The summed E-state index contributed by atoms with van der Waals surface area (Å²) in [6.07, 6.45) is 3.35. The van der Waals surface area contributed by atoms with Crippen molar-refractivity contribution in [3.63, 3.8) is 0 Å². The van der Waals surface area contributed by atoms with Crippen molar-refractivity contribution in [1.29, 1.82) is 5.41 Å². The largest absolute Gasteiger partial charge is 0.490 e. The highest BCUT2D eigenvalue weighted by Gasteiger charge is 2.35. The Bertz CT molecular complexity index is 1260. The van der Waals surface area contributed by atoms with Crippen LogP contribution in [0, 0.1) is 5.41 Å². The van der Waals surface area contributed by atoms with Crippen molar-refractivity contribution in [3.8, 4) is 11.5 Å². The lowest BCUT2D eigenvalue weighted by atomic mass is 9.87. The molecule has 9 heteroatoms. The molecule has 0 aromatic heterocycles. The number of fused-ring (bicyclic) bond motifs is 1. The summed E-state index contributed by atoms with van der Waals surface area (Å²) in [6.45, 7) is 9.28. The highest BCUT2D eigenvalue weighted by Crippen LogP contribution is 2.32. The minimum atomic E-state index is -0.459. The number of halogens is 1. The first kappa shape index (κ1) is 26.2. The molecule has 7 nitrogen and oxygen atoms in total. The van der Waals surface area contributed by atoms with E-state index < -0.39 is 5.91 Å². The number of carbonyl (C=O) groups excluding carboxylic acids is 1. The number of amides is 1. The molecule has 0 saturated carbocycles. The number of aliphatic imine (C=N–C) groups is 1. The Morgan fingerprint density at radius 2 is 1.83 bits per heavy atom. The van der Waals surface area contributed by atoms with Crippen LogP contribution in [0.1, 0.15) is 51.7 Å². The fourth-order valence-corrected chi connectivity index (χ4v) is 4.99. The van der Waals surface area contributed by atoms with Crippen molar-refractivity contribution in [1.82, 2.24) is 5.01 Å². The van der Waals surface area contributed by atoms with E-state index in [0.717, 1.165) is 28.1 Å². The number of ether oxygens (including phenoxy) is 2. The highest BCUT2D eigenvalue weighted by molar-refractivity contribution is 9.10. The van der Waals surface area contributed by atoms with E-state index in [1.165, 1.54) is 22.3 Å². The first-order valence-electron chi connectivity index (χ1n) is 11.8. The number of nitrogens with zero attached hydrogens (tertiary/aromatic N) is 3. The predicted octanol–water partition coefficient (Wildman–Crippen LogP) is 6.62. The molecule has 188 valence electrons. The molecule has 2 heterocycles. The Kier molecular flexibility index (Phi) is 8.00. The van der Waals surface area contributed by atoms with E-state index in [4.69, 9.17) is 14.9 Å². The number of benzene rings is 2. The van der Waals surface area contributed by atoms with Gasteiger partial charge in [-0.2, -0.15) is 15.1 Å². The van der Waals surface area contributed by atoms with E-state index in [9.17, 15) is 4.79 Å². The van der Waals surface area contributed by atoms with Gasteiger partial charge in [-0.05, 0) is 72.0 Å². The Morgan fingerprint density at radius 3 is 2.53 bits per heavy atom. The lowest BCUT2D eigenvalue weighted by molar-refractivity contribution is -0.114. The molecule has 0 spiro atoms. The fourth-order valence-electron chi connectivity index (χ4n) is 3.63. The molecule has 0 saturated heterocycles. The first-order chi connectivity index (χ1) is 17.2. The van der Waals surface area contributed by atoms with Gasteiger partial charge in [0.15, 0.2) is 5.84 Å². The van der Waals surface area contributed by atoms with Gasteiger partial charge in [0.1, 0.15) is 29.8 Å². The zero-order chi connectivity index (χ0) is 25.9. The molecule has 1 N–H and O–H groups in total. The summed E-state index contributed by atoms with van der Waals surface area (Å²) in [5, 5.41) is 15.8. The van der Waals surface area contributed by atoms with Crippen LogP contribution in [0.4, 0.5) is 0 Å². The summed E-state index contributed by atoms with van der Waals surface area (Å²) < 4.78 is 12.7. The molecule has 2 aliphatic heterocycles. The van der Waals surface area contributed by atoms with Gasteiger partial charge in [0.25, 0.3) is 5.91 Å². The molecule has 2 aromatic rings. The average molecular weight is 570 g/mol. The number of hydrazone groups is 1. The number of carbonyl (C=O) groups is 1. The SMILES string of the molecule is CCCC1=NN2C(=N)/C(=C/c3cc(Br)ccc3OCCOc3ccc(C(C)(C)C)cc3)C(=O)N=C2S1. The third-order valence-electron chi connectivity index (χ3n) is 5.56. The zero-order valence-electron chi connectivity index (χ0n) is 20.8. The third-order valence-corrected chi connectivity index (χ3v) is 7.02. The van der Waals surface area contributed by atoms with E-state index >= 15 is 0 Å². The molecule has 36 heavy (non-hydrogen) atoms. The second-order valence-corrected chi connectivity index (χ2v) is 11.4. The number of thioether (sulfide) groups is 1. The van der Waals surface area contributed by atoms with Crippen molar-refractivity contribution < 1.29 is 14.3 Å². The second kappa shape index (κ2) is 11.0. The van der Waals surface area contributed by atoms with Crippen LogP contribution in [0.15, 0.2) is 62.6 Å². The molecule has 4 rings (SSSR count). The van der Waals surface area contributed by atoms with Crippen LogP contribution >= 0.6 is 27.7 Å². The maximum Gasteiger partial charge on any atom is 0.283 e. The molecule has 0 unspecified atom stereocenters. The predicted molar refractivity (Wildman–Crippen MR) is 150 cm³/mol. The van der Waals surface area contributed by atoms with E-state index in [0.29, 0.717) is 29.7 Å². The zero-order valence-corrected chi connectivity index (χ0v) is 23.2. The molecule has 1 amide bonds. The van der Waals surface area contributed by atoms with Gasteiger partial charge < -0.3 is 9.47 Å². The van der Waals surface area contributed by atoms with E-state index in [2.05, 4.69) is 65.9 Å². The molecular weight excluding hydrogens is 540 g/mol. The van der Waals surface area contributed by atoms with Crippen LogP contribution in [0.25, 0.3) is 6.08 Å². The Morgan fingerprint density at radius 1 is 1.11 bits per heavy atom. The van der Waals surface area contributed by atoms with E-state index in [1.807, 2.05) is 30.3 Å². The summed E-state index contributed by atoms with van der Waals surface area (Å²) in [4.78, 5) is 16.9. The van der Waals surface area contributed by atoms with Crippen LogP contribution in [0.3, 0.4) is 0 Å². The van der Waals surface area contributed by atoms with Crippen molar-refractivity contribution in [2.45, 2.75) is 46.0 Å². The maximum atomic E-state index is 12.8. The third kappa shape index (κ3) is 6.07. The Hall–Kier alpha value is -2.91. The second-order valence-electron chi connectivity index (χ2n) is 9.42. The first-order valence-corrected chi connectivity index (χ1v) is 13.4. The number of hydrogen-bond acceptors (Lipinski definition) is 6. The van der Waals surface area contributed by atoms with Gasteiger partial charge in [-0.15, -0.1) is 0 Å². The van der Waals surface area contributed by atoms with Crippen LogP contribution in [-0.4, -0.2) is 40.2 Å². The number of hydrogen-bond donors (Lipinski definition) is 1. The molecule has 0 bridgehead atoms. The molecule has 0 atom stereocenters. The van der Waals surface area contributed by atoms with Gasteiger partial charge in [0, 0.05) is 10.0 Å². The molecule has 0 fully saturated rings. The summed E-state index contributed by atoms with van der Waals surface area (Å²) in [5.41, 5.74) is 2.17. The number of amidine groups is 2. The van der Waals surface area contributed by atoms with Gasteiger partial charge in [-0.1, -0.05) is 55.8 Å². The smallest absolute Gasteiger partial charge is 0.283 e. The summed E-state index contributed by atoms with van der Waals surface area (Å²) in [5.74, 6) is 0.918. The molecule has 0 radical (unpaired) electrons. The standard InChI is InChI=1S/C27H29BrN4O3S/c1-5-6-23-31-32-24(29)21(25(33)30-26(32)36-23)16-17-15-19(28)9-12-22(17)35-14-13-34-20-10-7-18(8-11-20)27(2,3)4/h7-12,15-16,29H,5-6,13-14H2,1-4H3/b21-16-,29-24?. The molecule has 2 aromatic carbocycles. The maximum absolute atomic E-state index is 12.8. The van der Waals surface area contributed by atoms with Gasteiger partial charge in [-0.25, -0.2) is 0 Å². The van der Waals surface area contributed by atoms with Crippen molar-refractivity contribution in [3.05, 3.63) is 63.6 Å². The molecule has 2 aliphatic rings. The Balaban J connectivity index is 1.45. The average Bonchev–Trinajstić information content (AvgIpc) is 3.23. The van der Waals surface area contributed by atoms with Gasteiger partial charge in [0.2, 0.25) is 5.17 Å². The topological polar surface area (TPSA) is 87.3 Å². The minimum absolute atomic E-state index is 0.0107. The van der Waals surface area contributed by atoms with Gasteiger partial charge in [0.05, 0.1) is 5.57 Å². The number of nitrogens with one attached hydrogen (secondary N) is 1. The minimum Gasteiger partial charge on any atom is -0.490 e. The molecular formula is C27H29BrN4O3S. The summed E-state index contributed by atoms with van der Waals surface area (Å²) >= 11 is 4.83.